The number of benzene rings is 3. The highest BCUT2D eigenvalue weighted by Crippen LogP contribution is 2.29. The zero-order valence-electron chi connectivity index (χ0n) is 21.4. The molecule has 2 amide bonds. The Hall–Kier alpha value is -4.66. The summed E-state index contributed by atoms with van der Waals surface area (Å²) in [6.07, 6.45) is -0.00363. The van der Waals surface area contributed by atoms with Crippen molar-refractivity contribution in [3.63, 3.8) is 0 Å². The minimum atomic E-state index is -0.680. The third-order valence-corrected chi connectivity index (χ3v) is 6.26. The van der Waals surface area contributed by atoms with Gasteiger partial charge in [-0.3, -0.25) is 14.4 Å². The van der Waals surface area contributed by atoms with E-state index in [2.05, 4.69) is 10.1 Å². The largest absolute Gasteiger partial charge is 0.465 e. The molecule has 0 saturated carbocycles. The molecule has 3 aromatic carbocycles. The lowest BCUT2D eigenvalue weighted by molar-refractivity contribution is -0.151. The Morgan fingerprint density at radius 2 is 1.61 bits per heavy atom. The van der Waals surface area contributed by atoms with Gasteiger partial charge in [-0.25, -0.2) is 4.79 Å². The molecule has 0 aliphatic carbocycles. The van der Waals surface area contributed by atoms with Crippen LogP contribution in [0, 0.1) is 19.8 Å². The van der Waals surface area contributed by atoms with Crippen LogP contribution in [0.4, 0.5) is 11.4 Å². The molecule has 0 aromatic heterocycles. The molecular weight excluding hydrogens is 488 g/mol. The van der Waals surface area contributed by atoms with Crippen molar-refractivity contribution in [2.45, 2.75) is 20.3 Å². The van der Waals surface area contributed by atoms with E-state index in [-0.39, 0.29) is 18.9 Å². The quantitative estimate of drug-likeness (QED) is 0.441. The molecule has 0 bridgehead atoms. The van der Waals surface area contributed by atoms with E-state index in [9.17, 15) is 19.2 Å². The predicted molar refractivity (Wildman–Crippen MR) is 140 cm³/mol. The SMILES string of the molecule is COC(=O)c1ccc(NC(=O)COC(=O)[C@@H]2CC(=O)N(c3ccc(Oc4ccc(C)c(C)c4)cc3)C2)cc1. The van der Waals surface area contributed by atoms with Crippen LogP contribution >= 0.6 is 0 Å². The normalized spacial score (nSPS) is 14.7. The fourth-order valence-corrected chi connectivity index (χ4v) is 3.98. The standard InChI is InChI=1S/C29H28N2O7/c1-18-4-11-25(14-19(18)2)38-24-12-9-23(10-13-24)31-16-21(15-27(31)33)29(35)37-17-26(32)30-22-7-5-20(6-8-22)28(34)36-3/h4-14,21H,15-17H2,1-3H3,(H,30,32)/t21-/m1/s1. The Morgan fingerprint density at radius 1 is 0.921 bits per heavy atom. The molecule has 3 aromatic rings. The Balaban J connectivity index is 1.27. The number of carbonyl (C=O) groups excluding carboxylic acids is 4. The first-order valence-electron chi connectivity index (χ1n) is 12.0. The van der Waals surface area contributed by atoms with E-state index in [1.54, 1.807) is 24.3 Å². The number of amides is 2. The number of nitrogens with zero attached hydrogens (tertiary/aromatic N) is 1. The summed E-state index contributed by atoms with van der Waals surface area (Å²) in [5.74, 6) is -1.17. The predicted octanol–water partition coefficient (Wildman–Crippen LogP) is 4.42. The Labute approximate surface area is 220 Å². The first-order chi connectivity index (χ1) is 18.2. The molecule has 196 valence electrons. The molecule has 1 N–H and O–H groups in total. The number of anilines is 2. The number of hydrogen-bond acceptors (Lipinski definition) is 7. The van der Waals surface area contributed by atoms with Crippen molar-refractivity contribution in [2.24, 2.45) is 5.92 Å². The van der Waals surface area contributed by atoms with Crippen LogP contribution in [0.5, 0.6) is 11.5 Å². The van der Waals surface area contributed by atoms with Crippen LogP contribution in [0.25, 0.3) is 0 Å². The van der Waals surface area contributed by atoms with Crippen LogP contribution in [0.1, 0.15) is 27.9 Å². The van der Waals surface area contributed by atoms with E-state index in [4.69, 9.17) is 9.47 Å². The highest BCUT2D eigenvalue weighted by atomic mass is 16.5. The van der Waals surface area contributed by atoms with Gasteiger partial charge in [0.25, 0.3) is 5.91 Å². The van der Waals surface area contributed by atoms with Crippen molar-refractivity contribution in [3.05, 3.63) is 83.4 Å². The van der Waals surface area contributed by atoms with Crippen LogP contribution in [0.3, 0.4) is 0 Å². The Morgan fingerprint density at radius 3 is 2.26 bits per heavy atom. The highest BCUT2D eigenvalue weighted by molar-refractivity contribution is 6.00. The Bertz CT molecular complexity index is 1350. The average molecular weight is 517 g/mol. The van der Waals surface area contributed by atoms with Crippen molar-refractivity contribution in [3.8, 4) is 11.5 Å². The van der Waals surface area contributed by atoms with E-state index < -0.39 is 30.4 Å². The highest BCUT2D eigenvalue weighted by Gasteiger charge is 2.36. The van der Waals surface area contributed by atoms with E-state index in [0.717, 1.165) is 11.3 Å². The monoisotopic (exact) mass is 516 g/mol. The number of hydrogen-bond donors (Lipinski definition) is 1. The molecule has 1 aliphatic rings. The van der Waals surface area contributed by atoms with Crippen molar-refractivity contribution >= 4 is 35.1 Å². The van der Waals surface area contributed by atoms with E-state index in [1.807, 2.05) is 32.0 Å². The Kier molecular flexibility index (Phi) is 8.06. The van der Waals surface area contributed by atoms with Crippen molar-refractivity contribution in [1.29, 1.82) is 0 Å². The molecule has 0 radical (unpaired) electrons. The molecule has 38 heavy (non-hydrogen) atoms. The van der Waals surface area contributed by atoms with E-state index in [1.165, 1.54) is 41.8 Å². The van der Waals surface area contributed by atoms with E-state index in [0.29, 0.717) is 22.7 Å². The summed E-state index contributed by atoms with van der Waals surface area (Å²) < 4.78 is 15.7. The number of carbonyl (C=O) groups is 4. The third-order valence-electron chi connectivity index (χ3n) is 6.26. The molecule has 1 saturated heterocycles. The first-order valence-corrected chi connectivity index (χ1v) is 12.0. The molecule has 9 heteroatoms. The molecule has 4 rings (SSSR count). The van der Waals surface area contributed by atoms with Gasteiger partial charge in [-0.1, -0.05) is 6.07 Å². The summed E-state index contributed by atoms with van der Waals surface area (Å²) in [6, 6.07) is 19.0. The number of methoxy groups -OCH3 is 1. The number of ether oxygens (including phenoxy) is 3. The van der Waals surface area contributed by atoms with Gasteiger partial charge < -0.3 is 24.4 Å². The van der Waals surface area contributed by atoms with Crippen LogP contribution in [0.15, 0.2) is 66.7 Å². The lowest BCUT2D eigenvalue weighted by Gasteiger charge is -2.17. The fraction of sp³-hybridized carbons (Fsp3) is 0.241. The molecule has 1 aliphatic heterocycles. The van der Waals surface area contributed by atoms with Crippen LogP contribution in [0.2, 0.25) is 0 Å². The van der Waals surface area contributed by atoms with Crippen LogP contribution in [-0.2, 0) is 23.9 Å². The molecule has 1 atom stereocenters. The number of rotatable bonds is 8. The number of aryl methyl sites for hydroxylation is 2. The fourth-order valence-electron chi connectivity index (χ4n) is 3.98. The van der Waals surface area contributed by atoms with Gasteiger partial charge >= 0.3 is 11.9 Å². The maximum absolute atomic E-state index is 12.6. The first kappa shape index (κ1) is 26.4. The summed E-state index contributed by atoms with van der Waals surface area (Å²) in [5, 5.41) is 2.59. The minimum absolute atomic E-state index is 0.00363. The maximum atomic E-state index is 12.6. The molecule has 1 fully saturated rings. The summed E-state index contributed by atoms with van der Waals surface area (Å²) in [4.78, 5) is 50.3. The lowest BCUT2D eigenvalue weighted by Crippen LogP contribution is -2.28. The van der Waals surface area contributed by atoms with Crippen LogP contribution < -0.4 is 15.0 Å². The second kappa shape index (κ2) is 11.6. The number of esters is 2. The lowest BCUT2D eigenvalue weighted by atomic mass is 10.1. The van der Waals surface area contributed by atoms with Gasteiger partial charge in [0, 0.05) is 24.3 Å². The zero-order valence-corrected chi connectivity index (χ0v) is 21.4. The molecule has 0 unspecified atom stereocenters. The van der Waals surface area contributed by atoms with Gasteiger partial charge in [-0.2, -0.15) is 0 Å². The van der Waals surface area contributed by atoms with E-state index >= 15 is 0 Å². The van der Waals surface area contributed by atoms with Gasteiger partial charge in [0.05, 0.1) is 18.6 Å². The smallest absolute Gasteiger partial charge is 0.337 e. The molecule has 1 heterocycles. The van der Waals surface area contributed by atoms with Gasteiger partial charge in [0.2, 0.25) is 5.91 Å². The molecular formula is C29H28N2O7. The summed E-state index contributed by atoms with van der Waals surface area (Å²) >= 11 is 0. The third kappa shape index (κ3) is 6.36. The average Bonchev–Trinajstić information content (AvgIpc) is 3.31. The van der Waals surface area contributed by atoms with Crippen molar-refractivity contribution in [2.75, 3.05) is 30.5 Å². The topological polar surface area (TPSA) is 111 Å². The maximum Gasteiger partial charge on any atom is 0.337 e. The van der Waals surface area contributed by atoms with Crippen molar-refractivity contribution < 1.29 is 33.4 Å². The van der Waals surface area contributed by atoms with Gasteiger partial charge in [0.15, 0.2) is 6.61 Å². The van der Waals surface area contributed by atoms with Gasteiger partial charge in [0.1, 0.15) is 11.5 Å². The summed E-state index contributed by atoms with van der Waals surface area (Å²) in [6.45, 7) is 3.72. The van der Waals surface area contributed by atoms with Gasteiger partial charge in [-0.05, 0) is 85.6 Å². The number of nitrogens with one attached hydrogen (secondary N) is 1. The minimum Gasteiger partial charge on any atom is -0.465 e. The van der Waals surface area contributed by atoms with Gasteiger partial charge in [-0.15, -0.1) is 0 Å². The molecule has 9 nitrogen and oxygen atoms in total. The summed E-state index contributed by atoms with van der Waals surface area (Å²) in [5.41, 5.74) is 3.74. The van der Waals surface area contributed by atoms with Crippen molar-refractivity contribution in [1.82, 2.24) is 0 Å². The van der Waals surface area contributed by atoms with Crippen LogP contribution in [-0.4, -0.2) is 44.0 Å². The zero-order chi connectivity index (χ0) is 27.2. The second-order valence-corrected chi connectivity index (χ2v) is 8.97. The second-order valence-electron chi connectivity index (χ2n) is 8.97. The molecule has 0 spiro atoms. The summed E-state index contributed by atoms with van der Waals surface area (Å²) in [7, 11) is 1.28.